The van der Waals surface area contributed by atoms with E-state index in [2.05, 4.69) is 5.32 Å². The van der Waals surface area contributed by atoms with E-state index in [0.717, 1.165) is 16.6 Å². The molecule has 0 fully saturated rings. The van der Waals surface area contributed by atoms with Crippen LogP contribution in [0, 0.1) is 6.92 Å². The fourth-order valence-electron chi connectivity index (χ4n) is 3.00. The highest BCUT2D eigenvalue weighted by molar-refractivity contribution is 5.78. The summed E-state index contributed by atoms with van der Waals surface area (Å²) >= 11 is 0. The molecule has 0 saturated heterocycles. The van der Waals surface area contributed by atoms with E-state index in [1.807, 2.05) is 62.4 Å². The number of nitrogens with one attached hydrogen (secondary N) is 1. The van der Waals surface area contributed by atoms with Gasteiger partial charge in [-0.25, -0.2) is 4.79 Å². The number of para-hydroxylation sites is 2. The summed E-state index contributed by atoms with van der Waals surface area (Å²) in [6.07, 6.45) is 0.281. The quantitative estimate of drug-likeness (QED) is 0.752. The molecule has 0 radical (unpaired) electrons. The fraction of sp³-hybridized carbons (Fsp3) is 0.300. The molecule has 5 heteroatoms. The molecule has 1 amide bonds. The van der Waals surface area contributed by atoms with Gasteiger partial charge in [-0.05, 0) is 31.5 Å². The lowest BCUT2D eigenvalue weighted by Crippen LogP contribution is -2.28. The predicted octanol–water partition coefficient (Wildman–Crippen LogP) is 2.84. The largest absolute Gasteiger partial charge is 0.352 e. The number of nitrogens with zero attached hydrogens (tertiary/aromatic N) is 2. The van der Waals surface area contributed by atoms with Gasteiger partial charge in [-0.1, -0.05) is 42.0 Å². The molecule has 1 heterocycles. The van der Waals surface area contributed by atoms with Crippen molar-refractivity contribution < 1.29 is 4.79 Å². The van der Waals surface area contributed by atoms with Crippen LogP contribution in [0.2, 0.25) is 0 Å². The molecule has 0 unspecified atom stereocenters. The minimum Gasteiger partial charge on any atom is -0.352 e. The molecule has 0 aliphatic carbocycles. The van der Waals surface area contributed by atoms with Gasteiger partial charge in [0.1, 0.15) is 0 Å². The second kappa shape index (κ2) is 7.38. The van der Waals surface area contributed by atoms with Crippen molar-refractivity contribution >= 4 is 16.9 Å². The summed E-state index contributed by atoms with van der Waals surface area (Å²) in [5.41, 5.74) is 3.99. The molecule has 0 bridgehead atoms. The van der Waals surface area contributed by atoms with Crippen LogP contribution >= 0.6 is 0 Å². The Bertz CT molecular complexity index is 936. The number of imidazole rings is 1. The van der Waals surface area contributed by atoms with Crippen molar-refractivity contribution in [3.05, 3.63) is 70.1 Å². The molecule has 3 aromatic rings. The van der Waals surface area contributed by atoms with Crippen molar-refractivity contribution in [3.63, 3.8) is 0 Å². The van der Waals surface area contributed by atoms with Crippen molar-refractivity contribution in [2.24, 2.45) is 0 Å². The first-order chi connectivity index (χ1) is 12.1. The van der Waals surface area contributed by atoms with Gasteiger partial charge < -0.3 is 5.32 Å². The van der Waals surface area contributed by atoms with E-state index < -0.39 is 0 Å². The van der Waals surface area contributed by atoms with Crippen LogP contribution in [0.5, 0.6) is 0 Å². The number of fused-ring (bicyclic) bond motifs is 1. The molecule has 1 aromatic heterocycles. The average Bonchev–Trinajstić information content (AvgIpc) is 2.90. The first-order valence-electron chi connectivity index (χ1n) is 8.60. The number of hydrogen-bond acceptors (Lipinski definition) is 2. The van der Waals surface area contributed by atoms with Crippen molar-refractivity contribution in [2.45, 2.75) is 39.9 Å². The average molecular weight is 337 g/mol. The van der Waals surface area contributed by atoms with E-state index in [1.54, 1.807) is 9.13 Å². The van der Waals surface area contributed by atoms with E-state index in [1.165, 1.54) is 5.56 Å². The van der Waals surface area contributed by atoms with E-state index in [-0.39, 0.29) is 18.0 Å². The zero-order chi connectivity index (χ0) is 17.8. The lowest BCUT2D eigenvalue weighted by Gasteiger charge is -2.07. The van der Waals surface area contributed by atoms with Crippen LogP contribution in [-0.4, -0.2) is 15.0 Å². The Hall–Kier alpha value is -2.82. The van der Waals surface area contributed by atoms with E-state index in [0.29, 0.717) is 19.6 Å². The number of carbonyl (C=O) groups is 1. The van der Waals surface area contributed by atoms with Gasteiger partial charge in [-0.3, -0.25) is 13.9 Å². The normalized spacial score (nSPS) is 11.0. The predicted molar refractivity (Wildman–Crippen MR) is 99.5 cm³/mol. The highest BCUT2D eigenvalue weighted by atomic mass is 16.2. The molecule has 1 N–H and O–H groups in total. The Labute approximate surface area is 146 Å². The van der Waals surface area contributed by atoms with Crippen molar-refractivity contribution in [3.8, 4) is 0 Å². The Morgan fingerprint density at radius 1 is 1.00 bits per heavy atom. The fourth-order valence-corrected chi connectivity index (χ4v) is 3.00. The number of hydrogen-bond donors (Lipinski definition) is 1. The van der Waals surface area contributed by atoms with Crippen LogP contribution < -0.4 is 11.0 Å². The van der Waals surface area contributed by atoms with Crippen LogP contribution in [0.4, 0.5) is 0 Å². The first-order valence-corrected chi connectivity index (χ1v) is 8.60. The van der Waals surface area contributed by atoms with Gasteiger partial charge in [-0.15, -0.1) is 0 Å². The van der Waals surface area contributed by atoms with Crippen LogP contribution in [0.3, 0.4) is 0 Å². The molecule has 2 aromatic carbocycles. The van der Waals surface area contributed by atoms with E-state index >= 15 is 0 Å². The maximum atomic E-state index is 12.5. The third kappa shape index (κ3) is 3.65. The Balaban J connectivity index is 1.66. The summed E-state index contributed by atoms with van der Waals surface area (Å²) in [6, 6.07) is 15.8. The zero-order valence-corrected chi connectivity index (χ0v) is 14.7. The van der Waals surface area contributed by atoms with Gasteiger partial charge in [0.25, 0.3) is 0 Å². The minimum atomic E-state index is -0.0602. The number of benzene rings is 2. The number of amides is 1. The number of aromatic nitrogens is 2. The van der Waals surface area contributed by atoms with Crippen LogP contribution in [0.25, 0.3) is 11.0 Å². The highest BCUT2D eigenvalue weighted by Crippen LogP contribution is 2.13. The molecule has 0 atom stereocenters. The smallest absolute Gasteiger partial charge is 0.329 e. The molecule has 3 rings (SSSR count). The highest BCUT2D eigenvalue weighted by Gasteiger charge is 2.12. The molecule has 5 nitrogen and oxygen atoms in total. The van der Waals surface area contributed by atoms with Gasteiger partial charge in [0, 0.05) is 26.1 Å². The Kier molecular flexibility index (Phi) is 5.03. The molecule has 0 saturated carbocycles. The zero-order valence-electron chi connectivity index (χ0n) is 14.7. The second-order valence-electron chi connectivity index (χ2n) is 6.18. The van der Waals surface area contributed by atoms with E-state index in [9.17, 15) is 9.59 Å². The molecule has 0 aliphatic rings. The SMILES string of the molecule is CCn1c(=O)n(CCC(=O)NCc2ccc(C)cc2)c2ccccc21. The standard InChI is InChI=1S/C20H23N3O2/c1-3-22-17-6-4-5-7-18(17)23(20(22)25)13-12-19(24)21-14-16-10-8-15(2)9-11-16/h4-11H,3,12-14H2,1-2H3,(H,21,24). The summed E-state index contributed by atoms with van der Waals surface area (Å²) in [6.45, 7) is 5.49. The maximum Gasteiger partial charge on any atom is 0.329 e. The summed E-state index contributed by atoms with van der Waals surface area (Å²) < 4.78 is 3.42. The Morgan fingerprint density at radius 2 is 1.64 bits per heavy atom. The molecular formula is C20H23N3O2. The van der Waals surface area contributed by atoms with Gasteiger partial charge in [0.2, 0.25) is 5.91 Å². The summed E-state index contributed by atoms with van der Waals surface area (Å²) in [5.74, 6) is -0.0548. The van der Waals surface area contributed by atoms with Gasteiger partial charge in [0.15, 0.2) is 0 Å². The maximum absolute atomic E-state index is 12.5. The van der Waals surface area contributed by atoms with Gasteiger partial charge in [-0.2, -0.15) is 0 Å². The molecule has 0 aliphatic heterocycles. The minimum absolute atomic E-state index is 0.0548. The third-order valence-electron chi connectivity index (χ3n) is 4.41. The number of aryl methyl sites for hydroxylation is 3. The van der Waals surface area contributed by atoms with Crippen molar-refractivity contribution in [2.75, 3.05) is 0 Å². The Morgan fingerprint density at radius 3 is 2.28 bits per heavy atom. The van der Waals surface area contributed by atoms with Crippen LogP contribution in [0.1, 0.15) is 24.5 Å². The van der Waals surface area contributed by atoms with Gasteiger partial charge in [0.05, 0.1) is 11.0 Å². The molecule has 25 heavy (non-hydrogen) atoms. The topological polar surface area (TPSA) is 56.0 Å². The van der Waals surface area contributed by atoms with Crippen molar-refractivity contribution in [1.82, 2.24) is 14.5 Å². The molecule has 130 valence electrons. The summed E-state index contributed by atoms with van der Waals surface area (Å²) in [4.78, 5) is 24.7. The van der Waals surface area contributed by atoms with Crippen molar-refractivity contribution in [1.29, 1.82) is 0 Å². The third-order valence-corrected chi connectivity index (χ3v) is 4.41. The van der Waals surface area contributed by atoms with Crippen LogP contribution in [0.15, 0.2) is 53.3 Å². The number of rotatable bonds is 6. The number of carbonyl (C=O) groups excluding carboxylic acids is 1. The lowest BCUT2D eigenvalue weighted by atomic mass is 10.1. The molecular weight excluding hydrogens is 314 g/mol. The lowest BCUT2D eigenvalue weighted by molar-refractivity contribution is -0.121. The summed E-state index contributed by atoms with van der Waals surface area (Å²) in [5, 5.41) is 2.92. The van der Waals surface area contributed by atoms with Gasteiger partial charge >= 0.3 is 5.69 Å². The van der Waals surface area contributed by atoms with Crippen LogP contribution in [-0.2, 0) is 24.4 Å². The second-order valence-corrected chi connectivity index (χ2v) is 6.18. The monoisotopic (exact) mass is 337 g/mol. The molecule has 0 spiro atoms. The summed E-state index contributed by atoms with van der Waals surface area (Å²) in [7, 11) is 0. The first kappa shape index (κ1) is 17.0. The van der Waals surface area contributed by atoms with E-state index in [4.69, 9.17) is 0 Å².